The van der Waals surface area contributed by atoms with Gasteiger partial charge in [0.25, 0.3) is 0 Å². The van der Waals surface area contributed by atoms with Crippen molar-refractivity contribution in [1.82, 2.24) is 0 Å². The van der Waals surface area contributed by atoms with Crippen molar-refractivity contribution >= 4 is 75.4 Å². The van der Waals surface area contributed by atoms with Crippen LogP contribution in [0.3, 0.4) is 0 Å². The van der Waals surface area contributed by atoms with Gasteiger partial charge in [-0.25, -0.2) is 0 Å². The fraction of sp³-hybridized carbons (Fsp3) is 0.0667. The Kier molecular flexibility index (Phi) is 2.11. The molecule has 0 atom stereocenters. The van der Waals surface area contributed by atoms with E-state index in [9.17, 15) is 40.2 Å². The van der Waals surface area contributed by atoms with Crippen LogP contribution in [-0.2, 0) is 0 Å². The molecule has 0 saturated carbocycles. The summed E-state index contributed by atoms with van der Waals surface area (Å²) in [6.45, 7) is -6.72. The molecule has 8 nitrogen and oxygen atoms in total. The zero-order valence-corrected chi connectivity index (χ0v) is 18.5. The fourth-order valence-electron chi connectivity index (χ4n) is 6.30. The molecule has 6 N–H and O–H groups in total. The van der Waals surface area contributed by atoms with Crippen LogP contribution in [0.4, 0.5) is 0 Å². The first-order valence-electron chi connectivity index (χ1n) is 16.0. The summed E-state index contributed by atoms with van der Waals surface area (Å²) in [5.74, 6) is -6.55. The highest BCUT2D eigenvalue weighted by Crippen LogP contribution is 2.60. The Hall–Kier alpha value is -5.24. The molecule has 0 aromatic heterocycles. The number of benzene rings is 8. The smallest absolute Gasteiger partial charge is 0.190 e. The zero-order chi connectivity index (χ0) is 35.2. The summed E-state index contributed by atoms with van der Waals surface area (Å²) in [6.07, 6.45) is 0. The van der Waals surface area contributed by atoms with Crippen LogP contribution >= 0.6 is 0 Å². The summed E-state index contributed by atoms with van der Waals surface area (Å²) >= 11 is 0. The number of hydrogen-bond acceptors (Lipinski definition) is 8. The molecule has 38 heavy (non-hydrogen) atoms. The van der Waals surface area contributed by atoms with E-state index >= 15 is 0 Å². The van der Waals surface area contributed by atoms with Crippen molar-refractivity contribution in [3.05, 3.63) is 55.7 Å². The van der Waals surface area contributed by atoms with Gasteiger partial charge in [0.15, 0.2) is 10.9 Å². The molecule has 8 aromatic rings. The van der Waals surface area contributed by atoms with Gasteiger partial charge in [-0.1, -0.05) is 0 Å². The summed E-state index contributed by atoms with van der Waals surface area (Å²) in [5.41, 5.74) is -4.86. The molecule has 0 bridgehead atoms. The van der Waals surface area contributed by atoms with Crippen LogP contribution in [0.1, 0.15) is 24.8 Å². The van der Waals surface area contributed by atoms with Crippen molar-refractivity contribution in [3.63, 3.8) is 0 Å². The van der Waals surface area contributed by atoms with E-state index in [1.807, 2.05) is 0 Å². The Morgan fingerprint density at radius 3 is 1.13 bits per heavy atom. The lowest BCUT2D eigenvalue weighted by Crippen LogP contribution is -2.08. The molecule has 0 amide bonds. The number of rotatable bonds is 0. The Labute approximate surface area is 224 Å². The van der Waals surface area contributed by atoms with Crippen molar-refractivity contribution < 1.29 is 44.3 Å². The van der Waals surface area contributed by atoms with Crippen molar-refractivity contribution in [3.8, 4) is 34.5 Å². The Morgan fingerprint density at radius 2 is 0.763 bits per heavy atom. The third-order valence-electron chi connectivity index (χ3n) is 7.55. The minimum Gasteiger partial charge on any atom is -0.507 e. The van der Waals surface area contributed by atoms with Crippen LogP contribution in [0.2, 0.25) is 0 Å². The minimum atomic E-state index is -3.36. The highest BCUT2D eigenvalue weighted by Gasteiger charge is 2.33. The zero-order valence-electron chi connectivity index (χ0n) is 28.5. The number of fused-ring (bicyclic) bond motifs is 2. The predicted molar refractivity (Wildman–Crippen MR) is 146 cm³/mol. The van der Waals surface area contributed by atoms with Crippen molar-refractivity contribution in [2.45, 2.75) is 13.7 Å². The van der Waals surface area contributed by atoms with Gasteiger partial charge in [-0.2, -0.15) is 0 Å². The van der Waals surface area contributed by atoms with Gasteiger partial charge in [0.1, 0.15) is 34.5 Å². The van der Waals surface area contributed by atoms with Crippen LogP contribution < -0.4 is 10.9 Å². The lowest BCUT2D eigenvalue weighted by atomic mass is 9.78. The largest absolute Gasteiger partial charge is 0.507 e. The van der Waals surface area contributed by atoms with Crippen LogP contribution in [0.25, 0.3) is 75.4 Å². The highest BCUT2D eigenvalue weighted by atomic mass is 16.3. The molecule has 0 saturated heterocycles. The quantitative estimate of drug-likeness (QED) is 0.121. The van der Waals surface area contributed by atoms with Gasteiger partial charge in [-0.15, -0.1) is 0 Å². The van der Waals surface area contributed by atoms with Crippen LogP contribution in [0, 0.1) is 13.7 Å². The van der Waals surface area contributed by atoms with E-state index in [2.05, 4.69) is 0 Å². The molecule has 0 unspecified atom stereocenters. The van der Waals surface area contributed by atoms with Gasteiger partial charge in [0.05, 0.1) is 27.0 Å². The predicted octanol–water partition coefficient (Wildman–Crippen LogP) is 5.08. The maximum atomic E-state index is 13.9. The number of hydrogen-bond donors (Lipinski definition) is 6. The van der Waals surface area contributed by atoms with Gasteiger partial charge in [0, 0.05) is 63.4 Å². The molecule has 0 heterocycles. The van der Waals surface area contributed by atoms with Gasteiger partial charge >= 0.3 is 0 Å². The van der Waals surface area contributed by atoms with Crippen LogP contribution in [0.15, 0.2) is 33.8 Å². The maximum Gasteiger partial charge on any atom is 0.190 e. The molecule has 0 fully saturated rings. The number of phenols is 6. The number of aromatic hydroxyl groups is 6. The topological polar surface area (TPSA) is 156 Å². The van der Waals surface area contributed by atoms with E-state index in [4.69, 9.17) is 13.7 Å². The number of phenolic OH excluding ortho intramolecular Hbond substituents is 6. The van der Waals surface area contributed by atoms with E-state index in [1.165, 1.54) is 0 Å². The molecule has 0 aliphatic carbocycles. The molecular weight excluding hydrogens is 488 g/mol. The summed E-state index contributed by atoms with van der Waals surface area (Å²) in [4.78, 5) is 27.8. The van der Waals surface area contributed by atoms with Crippen molar-refractivity contribution in [2.24, 2.45) is 0 Å². The SMILES string of the molecule is [2H]c1c(O)c2c(O)c3c(=O)c([2H])c(C([2H])([2H])[2H])c4c5c(C([2H])([2H])[2H])c([2H])c(=O)c6c(O)c7c(O)c([2H])c(O)c8c(c1O)c2c(c34)c(c78)c65. The Morgan fingerprint density at radius 1 is 0.447 bits per heavy atom. The summed E-state index contributed by atoms with van der Waals surface area (Å²) in [7, 11) is 0. The number of aryl methyl sites for hydroxylation is 2. The first kappa shape index (κ1) is 13.3. The second-order valence-corrected chi connectivity index (χ2v) is 9.25. The molecular formula is C30H16O8. The molecule has 8 heteroatoms. The first-order chi connectivity index (χ1) is 22.2. The minimum absolute atomic E-state index is 0.351. The van der Waals surface area contributed by atoms with Gasteiger partial charge in [0.2, 0.25) is 0 Å². The molecule has 0 radical (unpaired) electrons. The lowest BCUT2D eigenvalue weighted by Gasteiger charge is -2.25. The van der Waals surface area contributed by atoms with E-state index in [0.717, 1.165) is 0 Å². The highest BCUT2D eigenvalue weighted by molar-refractivity contribution is 6.51. The second kappa shape index (κ2) is 6.00. The van der Waals surface area contributed by atoms with Gasteiger partial charge in [-0.05, 0) is 47.7 Å². The lowest BCUT2D eigenvalue weighted by molar-refractivity contribution is 0.450. The Bertz CT molecular complexity index is 2750. The fourth-order valence-corrected chi connectivity index (χ4v) is 6.30. The molecule has 184 valence electrons. The first-order valence-corrected chi connectivity index (χ1v) is 11.0. The van der Waals surface area contributed by atoms with E-state index in [0.29, 0.717) is 0 Å². The second-order valence-electron chi connectivity index (χ2n) is 9.25. The Balaban J connectivity index is 2.05. The monoisotopic (exact) mass is 514 g/mol. The van der Waals surface area contributed by atoms with Crippen LogP contribution in [0.5, 0.6) is 34.5 Å². The van der Waals surface area contributed by atoms with Crippen molar-refractivity contribution in [2.75, 3.05) is 0 Å². The average molecular weight is 515 g/mol. The van der Waals surface area contributed by atoms with Crippen LogP contribution in [-0.4, -0.2) is 30.6 Å². The summed E-state index contributed by atoms with van der Waals surface area (Å²) < 4.78 is 84.0. The normalized spacial score (nSPS) is 17.3. The average Bonchev–Trinajstić information content (AvgIpc) is 2.98. The van der Waals surface area contributed by atoms with E-state index in [1.54, 1.807) is 0 Å². The summed E-state index contributed by atoms with van der Waals surface area (Å²) in [5, 5.41) is 60.0. The van der Waals surface area contributed by atoms with Gasteiger partial charge < -0.3 is 30.6 Å². The summed E-state index contributed by atoms with van der Waals surface area (Å²) in [6, 6.07) is -4.55. The van der Waals surface area contributed by atoms with E-state index in [-0.39, 0.29) is 10.8 Å². The molecule has 0 aliphatic rings. The molecule has 8 aromatic carbocycles. The maximum absolute atomic E-state index is 13.9. The third-order valence-corrected chi connectivity index (χ3v) is 7.55. The standard InChI is InChI=1S/C30H16O8/c1-7-3-9(31)19-23-15(7)16-8(2)4-10(32)20-24(16)28-26-18(12(34)6-14(36)22(26)30(20)38)17-11(33)5-13(35)21(29(19)37)25(17)27(23)28/h3-6,33-38H,1-2H3/i1D3,2D3,3D,4D,5D,6D. The molecule has 0 aliphatic heterocycles. The molecule has 8 rings (SSSR count). The van der Waals surface area contributed by atoms with Gasteiger partial charge in [-0.3, -0.25) is 9.59 Å². The van der Waals surface area contributed by atoms with Crippen molar-refractivity contribution in [1.29, 1.82) is 0 Å². The van der Waals surface area contributed by atoms with E-state index < -0.39 is 159 Å². The third kappa shape index (κ3) is 1.93. The molecule has 0 spiro atoms.